The molecule has 0 aliphatic carbocycles. The van der Waals surface area contributed by atoms with Gasteiger partial charge in [0.25, 0.3) is 0 Å². The van der Waals surface area contributed by atoms with Gasteiger partial charge < -0.3 is 5.73 Å². The molecule has 4 heteroatoms. The van der Waals surface area contributed by atoms with Crippen LogP contribution in [0.2, 0.25) is 5.02 Å². The summed E-state index contributed by atoms with van der Waals surface area (Å²) in [6, 6.07) is 4.61. The summed E-state index contributed by atoms with van der Waals surface area (Å²) in [6.07, 6.45) is 0. The second kappa shape index (κ2) is 6.05. The molecule has 15 heavy (non-hydrogen) atoms. The third-order valence-corrected chi connectivity index (χ3v) is 2.53. The van der Waals surface area contributed by atoms with Crippen LogP contribution in [0, 0.1) is 5.82 Å². The Balaban J connectivity index is 2.73. The van der Waals surface area contributed by atoms with Gasteiger partial charge in [-0.3, -0.25) is 4.90 Å². The SMILES string of the molecule is CCN(CCN)Cc1cc(Cl)ccc1F. The highest BCUT2D eigenvalue weighted by Crippen LogP contribution is 2.16. The van der Waals surface area contributed by atoms with Crippen LogP contribution in [-0.2, 0) is 6.54 Å². The Bertz CT molecular complexity index is 317. The van der Waals surface area contributed by atoms with Crippen molar-refractivity contribution in [2.75, 3.05) is 19.6 Å². The summed E-state index contributed by atoms with van der Waals surface area (Å²) in [5.74, 6) is -0.213. The number of halogens is 2. The second-order valence-electron chi connectivity index (χ2n) is 3.39. The Morgan fingerprint density at radius 3 is 2.80 bits per heavy atom. The Labute approximate surface area is 94.8 Å². The third-order valence-electron chi connectivity index (χ3n) is 2.29. The summed E-state index contributed by atoms with van der Waals surface area (Å²) < 4.78 is 13.4. The largest absolute Gasteiger partial charge is 0.329 e. The Morgan fingerprint density at radius 1 is 1.47 bits per heavy atom. The van der Waals surface area contributed by atoms with Crippen LogP contribution >= 0.6 is 11.6 Å². The van der Waals surface area contributed by atoms with E-state index in [4.69, 9.17) is 17.3 Å². The summed E-state index contributed by atoms with van der Waals surface area (Å²) in [7, 11) is 0. The average molecular weight is 231 g/mol. The van der Waals surface area contributed by atoms with Gasteiger partial charge in [0.05, 0.1) is 0 Å². The van der Waals surface area contributed by atoms with Crippen LogP contribution in [0.3, 0.4) is 0 Å². The predicted molar refractivity (Wildman–Crippen MR) is 61.4 cm³/mol. The lowest BCUT2D eigenvalue weighted by Gasteiger charge is -2.19. The van der Waals surface area contributed by atoms with Gasteiger partial charge in [0.1, 0.15) is 5.82 Å². The third kappa shape index (κ3) is 3.78. The van der Waals surface area contributed by atoms with Crippen LogP contribution in [-0.4, -0.2) is 24.5 Å². The molecule has 0 aromatic heterocycles. The van der Waals surface area contributed by atoms with Gasteiger partial charge in [0.2, 0.25) is 0 Å². The van der Waals surface area contributed by atoms with Gasteiger partial charge in [0, 0.05) is 30.2 Å². The molecule has 0 saturated heterocycles. The average Bonchev–Trinajstić information content (AvgIpc) is 2.22. The van der Waals surface area contributed by atoms with Gasteiger partial charge in [0.15, 0.2) is 0 Å². The Morgan fingerprint density at radius 2 is 2.20 bits per heavy atom. The van der Waals surface area contributed by atoms with Crippen molar-refractivity contribution >= 4 is 11.6 Å². The molecular weight excluding hydrogens is 215 g/mol. The number of hydrogen-bond donors (Lipinski definition) is 1. The molecule has 84 valence electrons. The molecule has 1 aromatic carbocycles. The van der Waals surface area contributed by atoms with Crippen molar-refractivity contribution < 1.29 is 4.39 Å². The molecule has 0 aliphatic rings. The van der Waals surface area contributed by atoms with Crippen LogP contribution < -0.4 is 5.73 Å². The van der Waals surface area contributed by atoms with E-state index in [-0.39, 0.29) is 5.82 Å². The molecule has 0 bridgehead atoms. The number of hydrogen-bond acceptors (Lipinski definition) is 2. The van der Waals surface area contributed by atoms with Crippen LogP contribution in [0.25, 0.3) is 0 Å². The lowest BCUT2D eigenvalue weighted by Crippen LogP contribution is -2.29. The van der Waals surface area contributed by atoms with Crippen LogP contribution in [0.1, 0.15) is 12.5 Å². The number of benzene rings is 1. The highest BCUT2D eigenvalue weighted by Gasteiger charge is 2.07. The van der Waals surface area contributed by atoms with E-state index < -0.39 is 0 Å². The standard InChI is InChI=1S/C11H16ClFN2/c1-2-15(6-5-14)8-9-7-10(12)3-4-11(9)13/h3-4,7H,2,5-6,8,14H2,1H3. The quantitative estimate of drug-likeness (QED) is 0.841. The van der Waals surface area contributed by atoms with Crippen LogP contribution in [0.4, 0.5) is 4.39 Å². The highest BCUT2D eigenvalue weighted by atomic mass is 35.5. The van der Waals surface area contributed by atoms with E-state index in [0.717, 1.165) is 13.1 Å². The van der Waals surface area contributed by atoms with Crippen LogP contribution in [0.15, 0.2) is 18.2 Å². The summed E-state index contributed by atoms with van der Waals surface area (Å²) in [5.41, 5.74) is 6.09. The van der Waals surface area contributed by atoms with Gasteiger partial charge in [-0.05, 0) is 24.7 Å². The first-order valence-corrected chi connectivity index (χ1v) is 5.41. The van der Waals surface area contributed by atoms with Gasteiger partial charge in [-0.1, -0.05) is 18.5 Å². The van der Waals surface area contributed by atoms with E-state index in [1.165, 1.54) is 6.07 Å². The predicted octanol–water partition coefficient (Wildman–Crippen LogP) is 2.26. The van der Waals surface area contributed by atoms with Crippen molar-refractivity contribution in [3.8, 4) is 0 Å². The fourth-order valence-corrected chi connectivity index (χ4v) is 1.63. The molecule has 0 spiro atoms. The number of likely N-dealkylation sites (N-methyl/N-ethyl adjacent to an activating group) is 1. The van der Waals surface area contributed by atoms with E-state index in [2.05, 4.69) is 4.90 Å². The molecule has 1 aromatic rings. The maximum absolute atomic E-state index is 13.4. The molecule has 0 radical (unpaired) electrons. The number of nitrogens with two attached hydrogens (primary N) is 1. The minimum absolute atomic E-state index is 0.213. The summed E-state index contributed by atoms with van der Waals surface area (Å²) in [5, 5.41) is 0.565. The first kappa shape index (κ1) is 12.4. The van der Waals surface area contributed by atoms with Crippen molar-refractivity contribution in [1.29, 1.82) is 0 Å². The zero-order valence-electron chi connectivity index (χ0n) is 8.84. The molecule has 0 aliphatic heterocycles. The van der Waals surface area contributed by atoms with E-state index in [1.54, 1.807) is 12.1 Å². The monoisotopic (exact) mass is 230 g/mol. The summed E-state index contributed by atoms with van der Waals surface area (Å²) >= 11 is 5.81. The van der Waals surface area contributed by atoms with Gasteiger partial charge in [-0.15, -0.1) is 0 Å². The van der Waals surface area contributed by atoms with E-state index in [9.17, 15) is 4.39 Å². The first-order valence-electron chi connectivity index (χ1n) is 5.03. The van der Waals surface area contributed by atoms with Crippen molar-refractivity contribution in [2.24, 2.45) is 5.73 Å². The van der Waals surface area contributed by atoms with E-state index in [0.29, 0.717) is 23.7 Å². The topological polar surface area (TPSA) is 29.3 Å². The lowest BCUT2D eigenvalue weighted by molar-refractivity contribution is 0.284. The smallest absolute Gasteiger partial charge is 0.127 e. The zero-order valence-corrected chi connectivity index (χ0v) is 9.60. The molecule has 0 heterocycles. The maximum atomic E-state index is 13.4. The normalized spacial score (nSPS) is 11.0. The van der Waals surface area contributed by atoms with Crippen molar-refractivity contribution in [1.82, 2.24) is 4.90 Å². The molecular formula is C11H16ClFN2. The maximum Gasteiger partial charge on any atom is 0.127 e. The first-order chi connectivity index (χ1) is 7.17. The number of nitrogens with zero attached hydrogens (tertiary/aromatic N) is 1. The minimum Gasteiger partial charge on any atom is -0.329 e. The van der Waals surface area contributed by atoms with Crippen molar-refractivity contribution in [3.05, 3.63) is 34.6 Å². The van der Waals surface area contributed by atoms with Gasteiger partial charge >= 0.3 is 0 Å². The lowest BCUT2D eigenvalue weighted by atomic mass is 10.2. The Kier molecular flexibility index (Phi) is 5.02. The molecule has 0 saturated carbocycles. The Hall–Kier alpha value is -0.640. The van der Waals surface area contributed by atoms with E-state index in [1.807, 2.05) is 6.92 Å². The minimum atomic E-state index is -0.213. The fraction of sp³-hybridized carbons (Fsp3) is 0.455. The second-order valence-corrected chi connectivity index (χ2v) is 3.83. The molecule has 0 unspecified atom stereocenters. The van der Waals surface area contributed by atoms with Gasteiger partial charge in [-0.2, -0.15) is 0 Å². The molecule has 2 N–H and O–H groups in total. The molecule has 0 fully saturated rings. The van der Waals surface area contributed by atoms with Gasteiger partial charge in [-0.25, -0.2) is 4.39 Å². The zero-order chi connectivity index (χ0) is 11.3. The summed E-state index contributed by atoms with van der Waals surface area (Å²) in [6.45, 7) is 4.78. The molecule has 1 rings (SSSR count). The molecule has 2 nitrogen and oxygen atoms in total. The summed E-state index contributed by atoms with van der Waals surface area (Å²) in [4.78, 5) is 2.08. The number of rotatable bonds is 5. The highest BCUT2D eigenvalue weighted by molar-refractivity contribution is 6.30. The molecule has 0 atom stereocenters. The van der Waals surface area contributed by atoms with Crippen molar-refractivity contribution in [3.63, 3.8) is 0 Å². The molecule has 0 amide bonds. The van der Waals surface area contributed by atoms with E-state index >= 15 is 0 Å². The van der Waals surface area contributed by atoms with Crippen molar-refractivity contribution in [2.45, 2.75) is 13.5 Å². The fourth-order valence-electron chi connectivity index (χ4n) is 1.44. The van der Waals surface area contributed by atoms with Crippen LogP contribution in [0.5, 0.6) is 0 Å².